The number of aromatic nitrogens is 4. The summed E-state index contributed by atoms with van der Waals surface area (Å²) in [7, 11) is 0. The van der Waals surface area contributed by atoms with E-state index in [1.165, 1.54) is 12.8 Å². The molecule has 2 aromatic rings. The van der Waals surface area contributed by atoms with Crippen molar-refractivity contribution < 1.29 is 4.52 Å². The molecule has 1 fully saturated rings. The standard InChI is InChI=1S/C13H19N5O/c1-9(2)15-7-11-14-5-6-18(11)8-12-16-13(17-19-12)10-3-4-10/h5-6,9-10,15H,3-4,7-8H2,1-2H3. The molecule has 1 aliphatic rings. The Morgan fingerprint density at radius 3 is 3.05 bits per heavy atom. The molecule has 2 aromatic heterocycles. The molecule has 0 radical (unpaired) electrons. The van der Waals surface area contributed by atoms with Gasteiger partial charge in [-0.1, -0.05) is 19.0 Å². The van der Waals surface area contributed by atoms with E-state index in [-0.39, 0.29) is 0 Å². The van der Waals surface area contributed by atoms with E-state index >= 15 is 0 Å². The van der Waals surface area contributed by atoms with Crippen LogP contribution in [0.15, 0.2) is 16.9 Å². The molecular formula is C13H19N5O. The fourth-order valence-electron chi connectivity index (χ4n) is 1.93. The Bertz CT molecular complexity index is 541. The Morgan fingerprint density at radius 2 is 2.32 bits per heavy atom. The van der Waals surface area contributed by atoms with Crippen molar-refractivity contribution in [1.82, 2.24) is 25.0 Å². The SMILES string of the molecule is CC(C)NCc1nccn1Cc1nc(C2CC2)no1. The quantitative estimate of drug-likeness (QED) is 0.857. The highest BCUT2D eigenvalue weighted by atomic mass is 16.5. The maximum Gasteiger partial charge on any atom is 0.246 e. The number of hydrogen-bond acceptors (Lipinski definition) is 5. The van der Waals surface area contributed by atoms with Crippen molar-refractivity contribution in [2.24, 2.45) is 0 Å². The van der Waals surface area contributed by atoms with E-state index in [2.05, 4.69) is 34.3 Å². The Morgan fingerprint density at radius 1 is 1.47 bits per heavy atom. The fraction of sp³-hybridized carbons (Fsp3) is 0.615. The van der Waals surface area contributed by atoms with Crippen molar-refractivity contribution in [3.8, 4) is 0 Å². The first kappa shape index (κ1) is 12.3. The van der Waals surface area contributed by atoms with Gasteiger partial charge in [0.1, 0.15) is 12.4 Å². The Labute approximate surface area is 112 Å². The zero-order chi connectivity index (χ0) is 13.2. The van der Waals surface area contributed by atoms with Crippen LogP contribution in [-0.2, 0) is 13.1 Å². The van der Waals surface area contributed by atoms with Gasteiger partial charge in [-0.05, 0) is 12.8 Å². The van der Waals surface area contributed by atoms with Gasteiger partial charge in [-0.25, -0.2) is 4.98 Å². The highest BCUT2D eigenvalue weighted by Gasteiger charge is 2.28. The number of rotatable bonds is 6. The molecule has 3 rings (SSSR count). The fourth-order valence-corrected chi connectivity index (χ4v) is 1.93. The average Bonchev–Trinajstić information content (AvgIpc) is 2.97. The van der Waals surface area contributed by atoms with Crippen molar-refractivity contribution in [3.63, 3.8) is 0 Å². The van der Waals surface area contributed by atoms with Crippen LogP contribution in [0.5, 0.6) is 0 Å². The van der Waals surface area contributed by atoms with Crippen molar-refractivity contribution in [2.45, 2.75) is 51.7 Å². The van der Waals surface area contributed by atoms with Gasteiger partial charge in [-0.15, -0.1) is 0 Å². The van der Waals surface area contributed by atoms with E-state index in [0.29, 0.717) is 24.4 Å². The Balaban J connectivity index is 1.66. The number of hydrogen-bond donors (Lipinski definition) is 1. The number of nitrogens with one attached hydrogen (secondary N) is 1. The molecule has 2 heterocycles. The summed E-state index contributed by atoms with van der Waals surface area (Å²) in [6.45, 7) is 5.57. The second-order valence-electron chi connectivity index (χ2n) is 5.33. The third kappa shape index (κ3) is 3.01. The molecule has 0 amide bonds. The second kappa shape index (κ2) is 5.13. The Hall–Kier alpha value is -1.69. The van der Waals surface area contributed by atoms with Crippen molar-refractivity contribution in [2.75, 3.05) is 0 Å². The lowest BCUT2D eigenvalue weighted by Gasteiger charge is -2.09. The summed E-state index contributed by atoms with van der Waals surface area (Å²) >= 11 is 0. The molecular weight excluding hydrogens is 242 g/mol. The third-order valence-corrected chi connectivity index (χ3v) is 3.20. The van der Waals surface area contributed by atoms with Crippen LogP contribution in [0.1, 0.15) is 50.1 Å². The van der Waals surface area contributed by atoms with Crippen LogP contribution in [0.2, 0.25) is 0 Å². The van der Waals surface area contributed by atoms with Crippen LogP contribution in [-0.4, -0.2) is 25.7 Å². The minimum absolute atomic E-state index is 0.440. The molecule has 0 aromatic carbocycles. The van der Waals surface area contributed by atoms with E-state index in [1.54, 1.807) is 6.20 Å². The van der Waals surface area contributed by atoms with E-state index in [9.17, 15) is 0 Å². The van der Waals surface area contributed by atoms with Crippen molar-refractivity contribution >= 4 is 0 Å². The van der Waals surface area contributed by atoms with E-state index in [1.807, 2.05) is 10.8 Å². The molecule has 0 bridgehead atoms. The van der Waals surface area contributed by atoms with Crippen molar-refractivity contribution in [3.05, 3.63) is 29.9 Å². The predicted octanol–water partition coefficient (Wildman–Crippen LogP) is 1.69. The molecule has 1 N–H and O–H groups in total. The zero-order valence-corrected chi connectivity index (χ0v) is 11.3. The molecule has 0 unspecified atom stereocenters. The molecule has 1 aliphatic carbocycles. The second-order valence-corrected chi connectivity index (χ2v) is 5.33. The molecule has 6 heteroatoms. The summed E-state index contributed by atoms with van der Waals surface area (Å²) < 4.78 is 7.33. The van der Waals surface area contributed by atoms with Crippen LogP contribution in [0.3, 0.4) is 0 Å². The normalized spacial score (nSPS) is 15.3. The molecule has 102 valence electrons. The summed E-state index contributed by atoms with van der Waals surface area (Å²) in [4.78, 5) is 8.79. The average molecular weight is 261 g/mol. The van der Waals surface area contributed by atoms with Crippen LogP contribution < -0.4 is 5.32 Å². The van der Waals surface area contributed by atoms with E-state index in [0.717, 1.165) is 18.2 Å². The smallest absolute Gasteiger partial charge is 0.246 e. The first-order chi connectivity index (χ1) is 9.22. The molecule has 0 spiro atoms. The lowest BCUT2D eigenvalue weighted by molar-refractivity contribution is 0.364. The lowest BCUT2D eigenvalue weighted by atomic mass is 10.4. The Kier molecular flexibility index (Phi) is 3.33. The molecule has 1 saturated carbocycles. The van der Waals surface area contributed by atoms with Gasteiger partial charge in [-0.3, -0.25) is 0 Å². The predicted molar refractivity (Wildman–Crippen MR) is 69.6 cm³/mol. The summed E-state index contributed by atoms with van der Waals surface area (Å²) in [5.74, 6) is 3.03. The van der Waals surface area contributed by atoms with Crippen LogP contribution in [0, 0.1) is 0 Å². The third-order valence-electron chi connectivity index (χ3n) is 3.20. The maximum absolute atomic E-state index is 5.29. The highest BCUT2D eigenvalue weighted by Crippen LogP contribution is 2.38. The molecule has 0 saturated heterocycles. The molecule has 19 heavy (non-hydrogen) atoms. The van der Waals surface area contributed by atoms with Crippen LogP contribution in [0.25, 0.3) is 0 Å². The largest absolute Gasteiger partial charge is 0.337 e. The molecule has 0 aliphatic heterocycles. The molecule has 6 nitrogen and oxygen atoms in total. The van der Waals surface area contributed by atoms with Crippen LogP contribution in [0.4, 0.5) is 0 Å². The van der Waals surface area contributed by atoms with Gasteiger partial charge in [0.2, 0.25) is 5.89 Å². The van der Waals surface area contributed by atoms with Gasteiger partial charge >= 0.3 is 0 Å². The number of nitrogens with zero attached hydrogens (tertiary/aromatic N) is 4. The summed E-state index contributed by atoms with van der Waals surface area (Å²) in [6.07, 6.45) is 6.12. The summed E-state index contributed by atoms with van der Waals surface area (Å²) in [6, 6.07) is 0.440. The van der Waals surface area contributed by atoms with Gasteiger partial charge in [0, 0.05) is 24.4 Å². The summed E-state index contributed by atoms with van der Waals surface area (Å²) in [5.41, 5.74) is 0. The van der Waals surface area contributed by atoms with Gasteiger partial charge in [0.25, 0.3) is 0 Å². The van der Waals surface area contributed by atoms with E-state index in [4.69, 9.17) is 4.52 Å². The van der Waals surface area contributed by atoms with Gasteiger partial charge in [-0.2, -0.15) is 4.98 Å². The van der Waals surface area contributed by atoms with Crippen molar-refractivity contribution in [1.29, 1.82) is 0 Å². The molecule has 0 atom stereocenters. The van der Waals surface area contributed by atoms with Crippen LogP contribution >= 0.6 is 0 Å². The minimum atomic E-state index is 0.440. The highest BCUT2D eigenvalue weighted by molar-refractivity contribution is 5.04. The zero-order valence-electron chi connectivity index (χ0n) is 11.3. The minimum Gasteiger partial charge on any atom is -0.337 e. The van der Waals surface area contributed by atoms with E-state index < -0.39 is 0 Å². The number of imidazole rings is 1. The van der Waals surface area contributed by atoms with Gasteiger partial charge in [0.15, 0.2) is 5.82 Å². The van der Waals surface area contributed by atoms with Gasteiger partial charge in [0.05, 0.1) is 6.54 Å². The summed E-state index contributed by atoms with van der Waals surface area (Å²) in [5, 5.41) is 7.38. The first-order valence-electron chi connectivity index (χ1n) is 6.78. The van der Waals surface area contributed by atoms with Gasteiger partial charge < -0.3 is 14.4 Å². The lowest BCUT2D eigenvalue weighted by Crippen LogP contribution is -2.24. The topological polar surface area (TPSA) is 68.8 Å². The first-order valence-corrected chi connectivity index (χ1v) is 6.78. The monoisotopic (exact) mass is 261 g/mol. The maximum atomic E-state index is 5.29.